The fourth-order valence-electron chi connectivity index (χ4n) is 4.61. The lowest BCUT2D eigenvalue weighted by Gasteiger charge is -2.37. The van der Waals surface area contributed by atoms with E-state index in [0.29, 0.717) is 55.5 Å². The van der Waals surface area contributed by atoms with Crippen LogP contribution in [0.25, 0.3) is 10.8 Å². The maximum atomic E-state index is 13.3. The number of aryl methyl sites for hydroxylation is 1. The molecule has 2 aliphatic rings. The van der Waals surface area contributed by atoms with Gasteiger partial charge in [0.2, 0.25) is 11.8 Å². The zero-order valence-electron chi connectivity index (χ0n) is 17.2. The van der Waals surface area contributed by atoms with Gasteiger partial charge in [-0.3, -0.25) is 14.4 Å². The Labute approximate surface area is 175 Å². The summed E-state index contributed by atoms with van der Waals surface area (Å²) in [5, 5.41) is 0.973. The summed E-state index contributed by atoms with van der Waals surface area (Å²) < 4.78 is 13.3. The van der Waals surface area contributed by atoms with E-state index in [9.17, 15) is 18.8 Å². The van der Waals surface area contributed by atoms with Crippen LogP contribution in [0.4, 0.5) is 4.39 Å². The average molecular weight is 413 g/mol. The molecule has 2 amide bonds. The molecule has 0 atom stereocenters. The zero-order chi connectivity index (χ0) is 21.1. The number of pyridine rings is 1. The van der Waals surface area contributed by atoms with Crippen LogP contribution in [0.5, 0.6) is 0 Å². The standard InChI is InChI=1S/C23H28FN3O3/c24-18-7-6-17-14-19(25-22(29)20(17)15-18)8-9-21(28)26-10-12-27(13-11-26)23(30)16-4-2-1-3-5-16/h6-7,14-16H,1-5,8-13H2,(H,25,29). The van der Waals surface area contributed by atoms with Crippen molar-refractivity contribution in [1.82, 2.24) is 14.8 Å². The Morgan fingerprint density at radius 3 is 2.43 bits per heavy atom. The summed E-state index contributed by atoms with van der Waals surface area (Å²) in [4.78, 5) is 43.9. The number of halogens is 1. The third-order valence-corrected chi connectivity index (χ3v) is 6.37. The second kappa shape index (κ2) is 8.98. The number of nitrogens with zero attached hydrogens (tertiary/aromatic N) is 2. The molecule has 1 aromatic heterocycles. The number of amides is 2. The maximum absolute atomic E-state index is 13.3. The van der Waals surface area contributed by atoms with E-state index >= 15 is 0 Å². The summed E-state index contributed by atoms with van der Waals surface area (Å²) in [6, 6.07) is 5.92. The summed E-state index contributed by atoms with van der Waals surface area (Å²) in [6.07, 6.45) is 6.21. The molecule has 7 heteroatoms. The Morgan fingerprint density at radius 2 is 1.70 bits per heavy atom. The van der Waals surface area contributed by atoms with Crippen molar-refractivity contribution in [2.75, 3.05) is 26.2 Å². The van der Waals surface area contributed by atoms with Crippen LogP contribution < -0.4 is 5.56 Å². The van der Waals surface area contributed by atoms with Gasteiger partial charge in [0, 0.05) is 49.6 Å². The highest BCUT2D eigenvalue weighted by Crippen LogP contribution is 2.26. The number of fused-ring (bicyclic) bond motifs is 1. The summed E-state index contributed by atoms with van der Waals surface area (Å²) >= 11 is 0. The number of piperazine rings is 1. The van der Waals surface area contributed by atoms with Crippen LogP contribution in [0.15, 0.2) is 29.1 Å². The van der Waals surface area contributed by atoms with Gasteiger partial charge in [0.25, 0.3) is 5.56 Å². The molecule has 1 aliphatic heterocycles. The molecule has 0 spiro atoms. The Morgan fingerprint density at radius 1 is 1.00 bits per heavy atom. The molecule has 6 nitrogen and oxygen atoms in total. The molecule has 2 heterocycles. The molecule has 30 heavy (non-hydrogen) atoms. The number of H-pyrrole nitrogens is 1. The Hall–Kier alpha value is -2.70. The van der Waals surface area contributed by atoms with Crippen LogP contribution in [-0.4, -0.2) is 52.8 Å². The smallest absolute Gasteiger partial charge is 0.256 e. The van der Waals surface area contributed by atoms with E-state index < -0.39 is 5.82 Å². The monoisotopic (exact) mass is 413 g/mol. The fourth-order valence-corrected chi connectivity index (χ4v) is 4.61. The molecular weight excluding hydrogens is 385 g/mol. The van der Waals surface area contributed by atoms with Gasteiger partial charge in [0.15, 0.2) is 0 Å². The predicted octanol–water partition coefficient (Wildman–Crippen LogP) is 2.85. The number of aromatic amines is 1. The van der Waals surface area contributed by atoms with Gasteiger partial charge in [-0.15, -0.1) is 0 Å². The van der Waals surface area contributed by atoms with Crippen molar-refractivity contribution < 1.29 is 14.0 Å². The molecule has 1 aromatic carbocycles. The molecule has 2 aromatic rings. The zero-order valence-corrected chi connectivity index (χ0v) is 17.2. The number of hydrogen-bond donors (Lipinski definition) is 1. The normalized spacial score (nSPS) is 18.0. The molecule has 4 rings (SSSR count). The molecule has 160 valence electrons. The maximum Gasteiger partial charge on any atom is 0.256 e. The molecule has 1 saturated carbocycles. The van der Waals surface area contributed by atoms with Crippen LogP contribution in [0.3, 0.4) is 0 Å². The van der Waals surface area contributed by atoms with Crippen LogP contribution in [0, 0.1) is 11.7 Å². The van der Waals surface area contributed by atoms with E-state index in [0.717, 1.165) is 25.7 Å². The van der Waals surface area contributed by atoms with Gasteiger partial charge in [0.05, 0.1) is 0 Å². The van der Waals surface area contributed by atoms with Crippen molar-refractivity contribution in [3.8, 4) is 0 Å². The highest BCUT2D eigenvalue weighted by atomic mass is 19.1. The first-order valence-corrected chi connectivity index (χ1v) is 10.9. The third-order valence-electron chi connectivity index (χ3n) is 6.37. The van der Waals surface area contributed by atoms with E-state index in [1.807, 2.05) is 4.90 Å². The third kappa shape index (κ3) is 4.55. The van der Waals surface area contributed by atoms with Gasteiger partial charge < -0.3 is 14.8 Å². The lowest BCUT2D eigenvalue weighted by atomic mass is 9.88. The van der Waals surface area contributed by atoms with Crippen molar-refractivity contribution in [3.05, 3.63) is 46.1 Å². The number of carbonyl (C=O) groups excluding carboxylic acids is 2. The van der Waals surface area contributed by atoms with Crippen LogP contribution in [0.2, 0.25) is 0 Å². The SMILES string of the molecule is O=C(CCc1cc2ccc(F)cc2c(=O)[nH]1)N1CCN(C(=O)C2CCCCC2)CC1. The van der Waals surface area contributed by atoms with Crippen molar-refractivity contribution in [3.63, 3.8) is 0 Å². The largest absolute Gasteiger partial charge is 0.339 e. The number of rotatable bonds is 4. The lowest BCUT2D eigenvalue weighted by molar-refractivity contribution is -0.142. The number of hydrogen-bond acceptors (Lipinski definition) is 3. The Bertz CT molecular complexity index is 989. The van der Waals surface area contributed by atoms with Crippen LogP contribution in [-0.2, 0) is 16.0 Å². The Balaban J connectivity index is 1.30. The summed E-state index contributed by atoms with van der Waals surface area (Å²) in [5.41, 5.74) is 0.322. The highest BCUT2D eigenvalue weighted by Gasteiger charge is 2.29. The van der Waals surface area contributed by atoms with Crippen LogP contribution in [0.1, 0.15) is 44.2 Å². The molecular formula is C23H28FN3O3. The van der Waals surface area contributed by atoms with Crippen molar-refractivity contribution >= 4 is 22.6 Å². The van der Waals surface area contributed by atoms with Crippen molar-refractivity contribution in [1.29, 1.82) is 0 Å². The van der Waals surface area contributed by atoms with E-state index in [2.05, 4.69) is 4.98 Å². The van der Waals surface area contributed by atoms with Gasteiger partial charge in [-0.25, -0.2) is 4.39 Å². The number of carbonyl (C=O) groups is 2. The molecule has 0 bridgehead atoms. The average Bonchev–Trinajstić information content (AvgIpc) is 2.78. The molecule has 1 aliphatic carbocycles. The summed E-state index contributed by atoms with van der Waals surface area (Å²) in [7, 11) is 0. The Kier molecular flexibility index (Phi) is 6.16. The van der Waals surface area contributed by atoms with Gasteiger partial charge in [0.1, 0.15) is 5.82 Å². The topological polar surface area (TPSA) is 73.5 Å². The molecule has 2 fully saturated rings. The number of aromatic nitrogens is 1. The minimum Gasteiger partial charge on any atom is -0.339 e. The van der Waals surface area contributed by atoms with Gasteiger partial charge in [-0.2, -0.15) is 0 Å². The summed E-state index contributed by atoms with van der Waals surface area (Å²) in [5.74, 6) is 0.00281. The van der Waals surface area contributed by atoms with Crippen molar-refractivity contribution in [2.24, 2.45) is 5.92 Å². The quantitative estimate of drug-likeness (QED) is 0.838. The van der Waals surface area contributed by atoms with E-state index in [1.165, 1.54) is 18.6 Å². The molecule has 1 saturated heterocycles. The van der Waals surface area contributed by atoms with Crippen molar-refractivity contribution in [2.45, 2.75) is 44.9 Å². The first-order valence-electron chi connectivity index (χ1n) is 10.9. The van der Waals surface area contributed by atoms with E-state index in [4.69, 9.17) is 0 Å². The minimum atomic E-state index is -0.447. The molecule has 0 unspecified atom stereocenters. The highest BCUT2D eigenvalue weighted by molar-refractivity contribution is 5.82. The van der Waals surface area contributed by atoms with E-state index in [-0.39, 0.29) is 23.3 Å². The lowest BCUT2D eigenvalue weighted by Crippen LogP contribution is -2.52. The molecule has 0 radical (unpaired) electrons. The molecule has 1 N–H and O–H groups in total. The van der Waals surface area contributed by atoms with Gasteiger partial charge in [-0.05, 0) is 42.8 Å². The second-order valence-electron chi connectivity index (χ2n) is 8.40. The van der Waals surface area contributed by atoms with Gasteiger partial charge >= 0.3 is 0 Å². The van der Waals surface area contributed by atoms with E-state index in [1.54, 1.807) is 17.0 Å². The van der Waals surface area contributed by atoms with Gasteiger partial charge in [-0.1, -0.05) is 25.3 Å². The predicted molar refractivity (Wildman–Crippen MR) is 113 cm³/mol. The fraction of sp³-hybridized carbons (Fsp3) is 0.522. The number of benzene rings is 1. The van der Waals surface area contributed by atoms with Crippen LogP contribution >= 0.6 is 0 Å². The second-order valence-corrected chi connectivity index (χ2v) is 8.40. The number of nitrogens with one attached hydrogen (secondary N) is 1. The first-order chi connectivity index (χ1) is 14.5. The first kappa shape index (κ1) is 20.6. The summed E-state index contributed by atoms with van der Waals surface area (Å²) in [6.45, 7) is 2.31. The minimum absolute atomic E-state index is 0.0276.